The van der Waals surface area contributed by atoms with Gasteiger partial charge in [-0.05, 0) is 55.8 Å². The first-order chi connectivity index (χ1) is 12.6. The molecule has 0 bridgehead atoms. The number of H-pyrrole nitrogens is 1. The molecule has 3 heterocycles. The fraction of sp³-hybridized carbons (Fsp3) is 0.381. The van der Waals surface area contributed by atoms with Gasteiger partial charge in [-0.3, -0.25) is 4.90 Å². The number of ether oxygens (including phenoxy) is 2. The molecule has 1 saturated heterocycles. The summed E-state index contributed by atoms with van der Waals surface area (Å²) in [5.41, 5.74) is 4.50. The van der Waals surface area contributed by atoms with Crippen molar-refractivity contribution < 1.29 is 9.47 Å². The lowest BCUT2D eigenvalue weighted by Crippen LogP contribution is -2.44. The van der Waals surface area contributed by atoms with Gasteiger partial charge in [0.25, 0.3) is 0 Å². The summed E-state index contributed by atoms with van der Waals surface area (Å²) in [6.07, 6.45) is 2.34. The Morgan fingerprint density at radius 1 is 1.15 bits per heavy atom. The van der Waals surface area contributed by atoms with Gasteiger partial charge in [-0.1, -0.05) is 0 Å². The van der Waals surface area contributed by atoms with Crippen LogP contribution in [-0.2, 0) is 11.3 Å². The molecule has 5 nitrogen and oxygen atoms in total. The smallest absolute Gasteiger partial charge is 0.138 e. The third-order valence-electron chi connectivity index (χ3n) is 4.93. The molecule has 0 aliphatic carbocycles. The Labute approximate surface area is 153 Å². The number of aromatic nitrogens is 2. The number of nitrogens with one attached hydrogen (secondary N) is 1. The first-order valence-electron chi connectivity index (χ1n) is 9.12. The molecular formula is C21H25N3O2. The topological polar surface area (TPSA) is 50.4 Å². The van der Waals surface area contributed by atoms with Crippen LogP contribution < -0.4 is 4.74 Å². The van der Waals surface area contributed by atoms with E-state index >= 15 is 0 Å². The van der Waals surface area contributed by atoms with Crippen molar-refractivity contribution in [2.45, 2.75) is 32.6 Å². The molecule has 0 saturated carbocycles. The molecule has 1 aliphatic heterocycles. The lowest BCUT2D eigenvalue weighted by atomic mass is 10.0. The maximum Gasteiger partial charge on any atom is 0.138 e. The van der Waals surface area contributed by atoms with Crippen LogP contribution in [0.1, 0.15) is 19.4 Å². The van der Waals surface area contributed by atoms with Crippen LogP contribution in [0.25, 0.3) is 22.3 Å². The second-order valence-corrected chi connectivity index (χ2v) is 7.06. The van der Waals surface area contributed by atoms with Gasteiger partial charge in [-0.15, -0.1) is 0 Å². The summed E-state index contributed by atoms with van der Waals surface area (Å²) in [5.74, 6) is 0.861. The summed E-state index contributed by atoms with van der Waals surface area (Å²) in [7, 11) is 1.69. The Morgan fingerprint density at radius 2 is 1.88 bits per heavy atom. The van der Waals surface area contributed by atoms with E-state index < -0.39 is 0 Å². The third kappa shape index (κ3) is 3.32. The molecule has 1 aromatic carbocycles. The molecule has 2 atom stereocenters. The summed E-state index contributed by atoms with van der Waals surface area (Å²) in [4.78, 5) is 10.5. The first-order valence-corrected chi connectivity index (χ1v) is 9.12. The Hall–Kier alpha value is -2.37. The van der Waals surface area contributed by atoms with Crippen LogP contribution in [0.4, 0.5) is 0 Å². The van der Waals surface area contributed by atoms with Gasteiger partial charge in [0, 0.05) is 36.8 Å². The van der Waals surface area contributed by atoms with Gasteiger partial charge in [0.2, 0.25) is 0 Å². The molecule has 0 spiro atoms. The summed E-state index contributed by atoms with van der Waals surface area (Å²) >= 11 is 0. The van der Waals surface area contributed by atoms with Crippen LogP contribution in [0, 0.1) is 0 Å². The highest BCUT2D eigenvalue weighted by Crippen LogP contribution is 2.32. The SMILES string of the molecule is COc1ccc(-c2[nH]c3ncccc3c2CN2C[C@@H](C)O[C@@H](C)C2)cc1. The quantitative estimate of drug-likeness (QED) is 0.776. The molecule has 4 rings (SSSR count). The average molecular weight is 351 g/mol. The molecule has 136 valence electrons. The molecule has 0 unspecified atom stereocenters. The van der Waals surface area contributed by atoms with Crippen molar-refractivity contribution in [3.05, 3.63) is 48.2 Å². The van der Waals surface area contributed by atoms with E-state index in [2.05, 4.69) is 46.9 Å². The van der Waals surface area contributed by atoms with Gasteiger partial charge in [0.1, 0.15) is 11.4 Å². The summed E-state index contributed by atoms with van der Waals surface area (Å²) in [5, 5.41) is 1.19. The van der Waals surface area contributed by atoms with Crippen LogP contribution in [0.2, 0.25) is 0 Å². The van der Waals surface area contributed by atoms with Crippen molar-refractivity contribution in [3.63, 3.8) is 0 Å². The van der Waals surface area contributed by atoms with E-state index in [9.17, 15) is 0 Å². The summed E-state index contributed by atoms with van der Waals surface area (Å²) < 4.78 is 11.2. The van der Waals surface area contributed by atoms with E-state index in [1.165, 1.54) is 10.9 Å². The number of hydrogen-bond acceptors (Lipinski definition) is 4. The number of hydrogen-bond donors (Lipinski definition) is 1. The maximum absolute atomic E-state index is 5.89. The number of rotatable bonds is 4. The van der Waals surface area contributed by atoms with Gasteiger partial charge in [0.15, 0.2) is 0 Å². The molecule has 5 heteroatoms. The van der Waals surface area contributed by atoms with E-state index in [1.807, 2.05) is 24.4 Å². The minimum absolute atomic E-state index is 0.256. The number of fused-ring (bicyclic) bond motifs is 1. The Bertz CT molecular complexity index is 878. The molecule has 1 N–H and O–H groups in total. The highest BCUT2D eigenvalue weighted by atomic mass is 16.5. The molecular weight excluding hydrogens is 326 g/mol. The Kier molecular flexibility index (Phi) is 4.66. The van der Waals surface area contributed by atoms with Gasteiger partial charge < -0.3 is 14.5 Å². The predicted molar refractivity (Wildman–Crippen MR) is 103 cm³/mol. The fourth-order valence-electron chi connectivity index (χ4n) is 3.88. The standard InChI is InChI=1S/C21H25N3O2/c1-14-11-24(12-15(2)26-14)13-19-18-5-4-10-22-21(18)23-20(19)16-6-8-17(25-3)9-7-16/h4-10,14-15H,11-13H2,1-3H3,(H,22,23)/t14-,15+. The summed E-state index contributed by atoms with van der Waals surface area (Å²) in [6.45, 7) is 7.05. The lowest BCUT2D eigenvalue weighted by Gasteiger charge is -2.35. The zero-order valence-corrected chi connectivity index (χ0v) is 15.5. The predicted octanol–water partition coefficient (Wildman–Crippen LogP) is 3.85. The van der Waals surface area contributed by atoms with Crippen molar-refractivity contribution in [1.29, 1.82) is 0 Å². The Morgan fingerprint density at radius 3 is 2.58 bits per heavy atom. The van der Waals surface area contributed by atoms with E-state index in [-0.39, 0.29) is 12.2 Å². The van der Waals surface area contributed by atoms with E-state index in [0.717, 1.165) is 42.3 Å². The van der Waals surface area contributed by atoms with Crippen molar-refractivity contribution in [2.24, 2.45) is 0 Å². The molecule has 0 radical (unpaired) electrons. The fourth-order valence-corrected chi connectivity index (χ4v) is 3.88. The van der Waals surface area contributed by atoms with E-state index in [0.29, 0.717) is 0 Å². The zero-order chi connectivity index (χ0) is 18.1. The molecule has 26 heavy (non-hydrogen) atoms. The minimum atomic E-state index is 0.256. The monoisotopic (exact) mass is 351 g/mol. The van der Waals surface area contributed by atoms with Gasteiger partial charge in [-0.25, -0.2) is 4.98 Å². The van der Waals surface area contributed by atoms with Crippen molar-refractivity contribution in [1.82, 2.24) is 14.9 Å². The lowest BCUT2D eigenvalue weighted by molar-refractivity contribution is -0.0703. The third-order valence-corrected chi connectivity index (χ3v) is 4.93. The van der Waals surface area contributed by atoms with Crippen molar-refractivity contribution >= 4 is 11.0 Å². The number of morpholine rings is 1. The largest absolute Gasteiger partial charge is 0.497 e. The molecule has 3 aromatic rings. The number of benzene rings is 1. The second kappa shape index (κ2) is 7.09. The highest BCUT2D eigenvalue weighted by Gasteiger charge is 2.24. The van der Waals surface area contributed by atoms with Gasteiger partial charge in [0.05, 0.1) is 25.0 Å². The molecule has 0 amide bonds. The number of pyridine rings is 1. The van der Waals surface area contributed by atoms with Crippen molar-refractivity contribution in [2.75, 3.05) is 20.2 Å². The van der Waals surface area contributed by atoms with Gasteiger partial charge in [-0.2, -0.15) is 0 Å². The van der Waals surface area contributed by atoms with Crippen molar-refractivity contribution in [3.8, 4) is 17.0 Å². The zero-order valence-electron chi connectivity index (χ0n) is 15.5. The Balaban J connectivity index is 1.74. The number of nitrogens with zero attached hydrogens (tertiary/aromatic N) is 2. The molecule has 1 fully saturated rings. The van der Waals surface area contributed by atoms with Crippen LogP contribution >= 0.6 is 0 Å². The van der Waals surface area contributed by atoms with E-state index in [4.69, 9.17) is 9.47 Å². The highest BCUT2D eigenvalue weighted by molar-refractivity contribution is 5.88. The van der Waals surface area contributed by atoms with Crippen LogP contribution in [0.15, 0.2) is 42.6 Å². The average Bonchev–Trinajstić information content (AvgIpc) is 2.99. The number of aromatic amines is 1. The van der Waals surface area contributed by atoms with Crippen LogP contribution in [0.3, 0.4) is 0 Å². The first kappa shape index (κ1) is 17.1. The molecule has 2 aromatic heterocycles. The second-order valence-electron chi connectivity index (χ2n) is 7.06. The van der Waals surface area contributed by atoms with Crippen LogP contribution in [-0.4, -0.2) is 47.3 Å². The maximum atomic E-state index is 5.89. The summed E-state index contributed by atoms with van der Waals surface area (Å²) in [6, 6.07) is 12.3. The van der Waals surface area contributed by atoms with E-state index in [1.54, 1.807) is 7.11 Å². The molecule has 1 aliphatic rings. The normalized spacial score (nSPS) is 21.2. The van der Waals surface area contributed by atoms with Gasteiger partial charge >= 0.3 is 0 Å². The number of methoxy groups -OCH3 is 1. The van der Waals surface area contributed by atoms with Crippen LogP contribution in [0.5, 0.6) is 5.75 Å². The minimum Gasteiger partial charge on any atom is -0.497 e.